The number of carbonyl (C=O) groups excluding carboxylic acids is 1. The number of aromatic nitrogens is 1. The molecule has 2 aromatic carbocycles. The molecule has 0 spiro atoms. The van der Waals surface area contributed by atoms with Crippen molar-refractivity contribution in [3.8, 4) is 0 Å². The molecule has 3 aromatic rings. The average molecular weight is 579 g/mol. The van der Waals surface area contributed by atoms with Gasteiger partial charge in [-0.15, -0.1) is 0 Å². The topological polar surface area (TPSA) is 42.4 Å². The van der Waals surface area contributed by atoms with Crippen LogP contribution in [0.15, 0.2) is 66.9 Å². The van der Waals surface area contributed by atoms with Crippen molar-refractivity contribution in [2.75, 3.05) is 6.54 Å². The summed E-state index contributed by atoms with van der Waals surface area (Å²) in [5.74, 6) is -1.30. The van der Waals surface area contributed by atoms with Gasteiger partial charge in [-0.05, 0) is 85.0 Å². The van der Waals surface area contributed by atoms with Crippen LogP contribution in [0.1, 0.15) is 58.9 Å². The van der Waals surface area contributed by atoms with Crippen LogP contribution in [-0.4, -0.2) is 34.5 Å². The van der Waals surface area contributed by atoms with Crippen LogP contribution in [0.25, 0.3) is 5.57 Å². The first-order valence-corrected chi connectivity index (χ1v) is 12.8. The van der Waals surface area contributed by atoms with Gasteiger partial charge < -0.3 is 9.64 Å². The van der Waals surface area contributed by atoms with Crippen LogP contribution in [0.5, 0.6) is 0 Å². The number of hydrogen-bond donors (Lipinski definition) is 0. The summed E-state index contributed by atoms with van der Waals surface area (Å²) in [7, 11) is 0. The van der Waals surface area contributed by atoms with Crippen LogP contribution in [-0.2, 0) is 21.9 Å². The number of rotatable bonds is 5. The number of halogens is 7. The number of fused-ring (bicyclic) bond motifs is 1. The molecule has 0 radical (unpaired) electrons. The van der Waals surface area contributed by atoms with E-state index in [1.165, 1.54) is 25.1 Å². The summed E-state index contributed by atoms with van der Waals surface area (Å²) in [6.45, 7) is 3.25. The molecule has 2 unspecified atom stereocenters. The van der Waals surface area contributed by atoms with Crippen molar-refractivity contribution in [3.05, 3.63) is 106 Å². The molecule has 2 aliphatic heterocycles. The van der Waals surface area contributed by atoms with Gasteiger partial charge in [0.2, 0.25) is 5.91 Å². The molecule has 5 rings (SSSR count). The van der Waals surface area contributed by atoms with Crippen LogP contribution in [0.4, 0.5) is 30.7 Å². The van der Waals surface area contributed by atoms with E-state index in [9.17, 15) is 35.5 Å². The lowest BCUT2D eigenvalue weighted by Gasteiger charge is -2.33. The highest BCUT2D eigenvalue weighted by Crippen LogP contribution is 2.45. The highest BCUT2D eigenvalue weighted by molar-refractivity contribution is 5.98. The maximum Gasteiger partial charge on any atom is 0.416 e. The smallest absolute Gasteiger partial charge is 0.368 e. The van der Waals surface area contributed by atoms with Gasteiger partial charge in [0.25, 0.3) is 0 Å². The van der Waals surface area contributed by atoms with E-state index in [4.69, 9.17) is 4.74 Å². The Morgan fingerprint density at radius 2 is 1.59 bits per heavy atom. The van der Waals surface area contributed by atoms with E-state index in [-0.39, 0.29) is 24.1 Å². The summed E-state index contributed by atoms with van der Waals surface area (Å²) in [4.78, 5) is 19.0. The number of carbonyl (C=O) groups is 1. The zero-order chi connectivity index (χ0) is 29.7. The number of benzene rings is 2. The number of ether oxygens (including phenoxy) is 1. The molecule has 4 atom stereocenters. The monoisotopic (exact) mass is 578 g/mol. The van der Waals surface area contributed by atoms with Gasteiger partial charge in [-0.1, -0.05) is 12.1 Å². The van der Waals surface area contributed by atoms with Gasteiger partial charge in [0.05, 0.1) is 23.3 Å². The summed E-state index contributed by atoms with van der Waals surface area (Å²) in [6.07, 6.45) is -8.42. The SMILES string of the molecule is Cc1cc(C2=CC(=O)N3C[C@H](OC(C)c4cc(C(F)(F)F)cc(C(F)(F)F)c4)C(c4ccc(F)cc4)[C@@H]3C2)ccn1. The molecule has 1 aromatic heterocycles. The third kappa shape index (κ3) is 6.00. The third-order valence-electron chi connectivity index (χ3n) is 7.58. The summed E-state index contributed by atoms with van der Waals surface area (Å²) >= 11 is 0. The van der Waals surface area contributed by atoms with Crippen molar-refractivity contribution in [1.82, 2.24) is 9.88 Å². The largest absolute Gasteiger partial charge is 0.416 e. The van der Waals surface area contributed by atoms with Crippen LogP contribution in [0.2, 0.25) is 0 Å². The maximum atomic E-state index is 13.8. The van der Waals surface area contributed by atoms with Crippen LogP contribution < -0.4 is 0 Å². The minimum Gasteiger partial charge on any atom is -0.368 e. The minimum atomic E-state index is -5.00. The highest BCUT2D eigenvalue weighted by Gasteiger charge is 2.48. The minimum absolute atomic E-state index is 0.0557. The standard InChI is InChI=1S/C30H25F7N2O2/c1-16-9-19(7-8-38-16)21-12-25-28(18-3-5-24(31)6-4-18)26(15-39(25)27(40)13-21)41-17(2)20-10-22(29(32,33)34)14-23(11-20)30(35,36)37/h3-11,13-14,17,25-26,28H,12,15H2,1-2H3/t17?,25-,26-,28?/m0/s1. The zero-order valence-electron chi connectivity index (χ0n) is 21.9. The first-order valence-electron chi connectivity index (χ1n) is 12.8. The van der Waals surface area contributed by atoms with Crippen molar-refractivity contribution in [3.63, 3.8) is 0 Å². The van der Waals surface area contributed by atoms with E-state index in [1.807, 2.05) is 13.0 Å². The molecule has 1 amide bonds. The van der Waals surface area contributed by atoms with E-state index in [0.717, 1.165) is 16.8 Å². The molecule has 0 bridgehead atoms. The lowest BCUT2D eigenvalue weighted by molar-refractivity contribution is -0.143. The molecule has 0 N–H and O–H groups in total. The Balaban J connectivity index is 1.50. The van der Waals surface area contributed by atoms with Crippen LogP contribution in [0.3, 0.4) is 0 Å². The molecule has 0 aliphatic carbocycles. The molecule has 4 nitrogen and oxygen atoms in total. The molecule has 41 heavy (non-hydrogen) atoms. The molecule has 11 heteroatoms. The second-order valence-corrected chi connectivity index (χ2v) is 10.4. The fourth-order valence-corrected chi connectivity index (χ4v) is 5.64. The van der Waals surface area contributed by atoms with Gasteiger partial charge in [0, 0.05) is 36.5 Å². The predicted octanol–water partition coefficient (Wildman–Crippen LogP) is 7.49. The van der Waals surface area contributed by atoms with Gasteiger partial charge in [-0.2, -0.15) is 26.3 Å². The quantitative estimate of drug-likeness (QED) is 0.295. The molecule has 216 valence electrons. The fourth-order valence-electron chi connectivity index (χ4n) is 5.64. The molecule has 3 heterocycles. The first-order chi connectivity index (χ1) is 19.2. The number of nitrogens with zero attached hydrogens (tertiary/aromatic N) is 2. The average Bonchev–Trinajstić information content (AvgIpc) is 3.26. The zero-order valence-corrected chi connectivity index (χ0v) is 21.9. The number of pyridine rings is 1. The summed E-state index contributed by atoms with van der Waals surface area (Å²) in [6, 6.07) is 10.2. The van der Waals surface area contributed by atoms with E-state index in [1.54, 1.807) is 29.3 Å². The van der Waals surface area contributed by atoms with Gasteiger partial charge in [0.1, 0.15) is 5.82 Å². The number of hydrogen-bond acceptors (Lipinski definition) is 3. The van der Waals surface area contributed by atoms with E-state index < -0.39 is 53.5 Å². The highest BCUT2D eigenvalue weighted by atomic mass is 19.4. The molecule has 1 fully saturated rings. The maximum absolute atomic E-state index is 13.8. The van der Waals surface area contributed by atoms with Gasteiger partial charge in [0.15, 0.2) is 0 Å². The van der Waals surface area contributed by atoms with Crippen molar-refractivity contribution in [2.24, 2.45) is 0 Å². The van der Waals surface area contributed by atoms with Crippen LogP contribution in [0, 0.1) is 12.7 Å². The Morgan fingerprint density at radius 1 is 0.951 bits per heavy atom. The predicted molar refractivity (Wildman–Crippen MR) is 136 cm³/mol. The summed E-state index contributed by atoms with van der Waals surface area (Å²) < 4.78 is 101. The Bertz CT molecular complexity index is 1450. The van der Waals surface area contributed by atoms with Gasteiger partial charge >= 0.3 is 12.4 Å². The molecular weight excluding hydrogens is 553 g/mol. The van der Waals surface area contributed by atoms with Crippen LogP contribution >= 0.6 is 0 Å². The lowest BCUT2D eigenvalue weighted by Crippen LogP contribution is -2.39. The van der Waals surface area contributed by atoms with Gasteiger partial charge in [-0.25, -0.2) is 4.39 Å². The lowest BCUT2D eigenvalue weighted by atomic mass is 9.83. The van der Waals surface area contributed by atoms with Crippen molar-refractivity contribution < 1.29 is 40.3 Å². The number of aryl methyl sites for hydroxylation is 1. The Kier molecular flexibility index (Phi) is 7.44. The van der Waals surface area contributed by atoms with E-state index >= 15 is 0 Å². The van der Waals surface area contributed by atoms with E-state index in [0.29, 0.717) is 24.1 Å². The Morgan fingerprint density at radius 3 is 2.17 bits per heavy atom. The molecule has 1 saturated heterocycles. The Hall–Kier alpha value is -3.73. The van der Waals surface area contributed by atoms with Crippen molar-refractivity contribution >= 4 is 11.5 Å². The normalized spacial score (nSPS) is 22.0. The van der Waals surface area contributed by atoms with Gasteiger partial charge in [-0.3, -0.25) is 9.78 Å². The second-order valence-electron chi connectivity index (χ2n) is 10.4. The molecule has 0 saturated carbocycles. The Labute approximate surface area is 231 Å². The molecule has 2 aliphatic rings. The number of alkyl halides is 6. The number of amides is 1. The van der Waals surface area contributed by atoms with E-state index in [2.05, 4.69) is 4.98 Å². The summed E-state index contributed by atoms with van der Waals surface area (Å²) in [5, 5.41) is 0. The van der Waals surface area contributed by atoms with Crippen molar-refractivity contribution in [2.45, 2.75) is 56.8 Å². The molecular formula is C30H25F7N2O2. The fraction of sp³-hybridized carbons (Fsp3) is 0.333. The summed E-state index contributed by atoms with van der Waals surface area (Å²) in [5.41, 5.74) is -0.209. The second kappa shape index (κ2) is 10.6. The van der Waals surface area contributed by atoms with Crippen molar-refractivity contribution in [1.29, 1.82) is 0 Å². The third-order valence-corrected chi connectivity index (χ3v) is 7.58. The first kappa shape index (κ1) is 28.8.